The van der Waals surface area contributed by atoms with Crippen LogP contribution in [0.2, 0.25) is 0 Å². The Hall–Kier alpha value is -0.360. The minimum absolute atomic E-state index is 0. The number of piperazine rings is 1. The molecule has 1 amide bonds. The molecule has 0 aromatic rings. The van der Waals surface area contributed by atoms with Gasteiger partial charge in [-0.1, -0.05) is 0 Å². The van der Waals surface area contributed by atoms with E-state index in [2.05, 4.69) is 12.2 Å². The summed E-state index contributed by atoms with van der Waals surface area (Å²) in [7, 11) is 0. The van der Waals surface area contributed by atoms with Crippen molar-refractivity contribution in [3.8, 4) is 0 Å². The van der Waals surface area contributed by atoms with Gasteiger partial charge in [0.1, 0.15) is 6.61 Å². The Labute approximate surface area is 115 Å². The molecule has 5 nitrogen and oxygen atoms in total. The van der Waals surface area contributed by atoms with Gasteiger partial charge in [-0.3, -0.25) is 4.79 Å². The third kappa shape index (κ3) is 4.39. The maximum atomic E-state index is 11.9. The van der Waals surface area contributed by atoms with Crippen molar-refractivity contribution in [2.24, 2.45) is 5.92 Å². The van der Waals surface area contributed by atoms with Crippen molar-refractivity contribution in [2.75, 3.05) is 46.1 Å². The highest BCUT2D eigenvalue weighted by atomic mass is 35.5. The summed E-state index contributed by atoms with van der Waals surface area (Å²) in [4.78, 5) is 13.8. The standard InChI is InChI=1S/C12H22N2O3.ClH/c1-10-6-13-3-4-14(10)12(15)9-17-8-11-2-5-16-7-11;/h10-11,13H,2-9H2,1H3;1H/t10-,11?;/m1./s1. The van der Waals surface area contributed by atoms with Gasteiger partial charge in [-0.2, -0.15) is 0 Å². The van der Waals surface area contributed by atoms with E-state index in [4.69, 9.17) is 9.47 Å². The molecule has 1 N–H and O–H groups in total. The molecule has 0 saturated carbocycles. The van der Waals surface area contributed by atoms with Crippen LogP contribution in [-0.2, 0) is 14.3 Å². The van der Waals surface area contributed by atoms with E-state index in [1.54, 1.807) is 0 Å². The number of hydrogen-bond donors (Lipinski definition) is 1. The van der Waals surface area contributed by atoms with Gasteiger partial charge in [0, 0.05) is 38.2 Å². The van der Waals surface area contributed by atoms with Crippen molar-refractivity contribution < 1.29 is 14.3 Å². The van der Waals surface area contributed by atoms with Gasteiger partial charge in [0.15, 0.2) is 0 Å². The molecule has 2 saturated heterocycles. The number of carbonyl (C=O) groups is 1. The molecule has 0 aromatic heterocycles. The van der Waals surface area contributed by atoms with Crippen LogP contribution in [0.4, 0.5) is 0 Å². The molecule has 2 aliphatic heterocycles. The summed E-state index contributed by atoms with van der Waals surface area (Å²) in [6, 6.07) is 0.273. The lowest BCUT2D eigenvalue weighted by Crippen LogP contribution is -2.53. The van der Waals surface area contributed by atoms with Gasteiger partial charge < -0.3 is 19.7 Å². The fraction of sp³-hybridized carbons (Fsp3) is 0.917. The first-order valence-corrected chi connectivity index (χ1v) is 6.43. The fourth-order valence-corrected chi connectivity index (χ4v) is 2.32. The maximum absolute atomic E-state index is 11.9. The van der Waals surface area contributed by atoms with E-state index in [0.717, 1.165) is 39.3 Å². The predicted octanol–water partition coefficient (Wildman–Crippen LogP) is 0.282. The number of nitrogens with one attached hydrogen (secondary N) is 1. The van der Waals surface area contributed by atoms with Gasteiger partial charge in [-0.05, 0) is 13.3 Å². The largest absolute Gasteiger partial charge is 0.381 e. The summed E-state index contributed by atoms with van der Waals surface area (Å²) in [6.07, 6.45) is 1.05. The molecule has 0 radical (unpaired) electrons. The predicted molar refractivity (Wildman–Crippen MR) is 71.0 cm³/mol. The van der Waals surface area contributed by atoms with Crippen molar-refractivity contribution >= 4 is 18.3 Å². The van der Waals surface area contributed by atoms with Crippen LogP contribution in [0.5, 0.6) is 0 Å². The maximum Gasteiger partial charge on any atom is 0.248 e. The second kappa shape index (κ2) is 7.94. The third-order valence-corrected chi connectivity index (χ3v) is 3.42. The Balaban J connectivity index is 0.00000162. The number of halogens is 1. The number of hydrogen-bond acceptors (Lipinski definition) is 4. The summed E-state index contributed by atoms with van der Waals surface area (Å²) < 4.78 is 10.8. The van der Waals surface area contributed by atoms with Crippen LogP contribution < -0.4 is 5.32 Å². The molecule has 2 atom stereocenters. The van der Waals surface area contributed by atoms with Crippen molar-refractivity contribution in [2.45, 2.75) is 19.4 Å². The quantitative estimate of drug-likeness (QED) is 0.803. The molecule has 2 heterocycles. The average molecular weight is 279 g/mol. The average Bonchev–Trinajstić information content (AvgIpc) is 2.82. The van der Waals surface area contributed by atoms with E-state index >= 15 is 0 Å². The number of amides is 1. The van der Waals surface area contributed by atoms with Crippen LogP contribution >= 0.6 is 12.4 Å². The minimum atomic E-state index is 0. The Kier molecular flexibility index (Phi) is 6.92. The van der Waals surface area contributed by atoms with E-state index in [9.17, 15) is 4.79 Å². The van der Waals surface area contributed by atoms with Crippen LogP contribution in [0.15, 0.2) is 0 Å². The number of rotatable bonds is 4. The number of nitrogens with zero attached hydrogens (tertiary/aromatic N) is 1. The summed E-state index contributed by atoms with van der Waals surface area (Å²) in [5.41, 5.74) is 0. The molecule has 1 unspecified atom stereocenters. The molecule has 6 heteroatoms. The van der Waals surface area contributed by atoms with Crippen molar-refractivity contribution in [1.82, 2.24) is 10.2 Å². The summed E-state index contributed by atoms with van der Waals surface area (Å²) in [5.74, 6) is 0.584. The molecular formula is C12H23ClN2O3. The summed E-state index contributed by atoms with van der Waals surface area (Å²) >= 11 is 0. The van der Waals surface area contributed by atoms with Gasteiger partial charge in [0.05, 0.1) is 13.2 Å². The molecule has 106 valence electrons. The Morgan fingerprint density at radius 2 is 2.39 bits per heavy atom. The summed E-state index contributed by atoms with van der Waals surface area (Å²) in [6.45, 7) is 7.07. The van der Waals surface area contributed by atoms with E-state index in [1.807, 2.05) is 4.90 Å². The Bertz CT molecular complexity index is 260. The van der Waals surface area contributed by atoms with Gasteiger partial charge in [0.25, 0.3) is 0 Å². The third-order valence-electron chi connectivity index (χ3n) is 3.42. The van der Waals surface area contributed by atoms with Crippen molar-refractivity contribution in [3.05, 3.63) is 0 Å². The number of carbonyl (C=O) groups excluding carboxylic acids is 1. The first kappa shape index (κ1) is 15.7. The smallest absolute Gasteiger partial charge is 0.248 e. The van der Waals surface area contributed by atoms with E-state index in [1.165, 1.54) is 0 Å². The zero-order valence-electron chi connectivity index (χ0n) is 10.9. The highest BCUT2D eigenvalue weighted by Gasteiger charge is 2.23. The lowest BCUT2D eigenvalue weighted by atomic mass is 10.1. The Morgan fingerprint density at radius 1 is 1.56 bits per heavy atom. The van der Waals surface area contributed by atoms with E-state index in [0.29, 0.717) is 12.5 Å². The SMILES string of the molecule is C[C@@H]1CNCCN1C(=O)COCC1CCOC1.Cl. The second-order valence-electron chi connectivity index (χ2n) is 4.89. The highest BCUT2D eigenvalue weighted by Crippen LogP contribution is 2.12. The topological polar surface area (TPSA) is 50.8 Å². The molecule has 2 rings (SSSR count). The molecular weight excluding hydrogens is 256 g/mol. The molecule has 0 bridgehead atoms. The highest BCUT2D eigenvalue weighted by molar-refractivity contribution is 5.85. The van der Waals surface area contributed by atoms with Crippen LogP contribution in [0, 0.1) is 5.92 Å². The fourth-order valence-electron chi connectivity index (χ4n) is 2.32. The van der Waals surface area contributed by atoms with Gasteiger partial charge in [-0.15, -0.1) is 12.4 Å². The zero-order valence-corrected chi connectivity index (χ0v) is 11.7. The van der Waals surface area contributed by atoms with Gasteiger partial charge in [0.2, 0.25) is 5.91 Å². The van der Waals surface area contributed by atoms with Crippen LogP contribution in [0.25, 0.3) is 0 Å². The first-order chi connectivity index (χ1) is 8.27. The number of ether oxygens (including phenoxy) is 2. The molecule has 2 fully saturated rings. The molecule has 18 heavy (non-hydrogen) atoms. The normalized spacial score (nSPS) is 27.9. The van der Waals surface area contributed by atoms with Gasteiger partial charge in [-0.25, -0.2) is 0 Å². The molecule has 0 aromatic carbocycles. The summed E-state index contributed by atoms with van der Waals surface area (Å²) in [5, 5.41) is 3.27. The lowest BCUT2D eigenvalue weighted by molar-refractivity contribution is -0.139. The molecule has 0 spiro atoms. The van der Waals surface area contributed by atoms with E-state index < -0.39 is 0 Å². The second-order valence-corrected chi connectivity index (χ2v) is 4.89. The first-order valence-electron chi connectivity index (χ1n) is 6.43. The van der Waals surface area contributed by atoms with E-state index in [-0.39, 0.29) is 31.0 Å². The zero-order chi connectivity index (χ0) is 12.1. The molecule has 0 aliphatic carbocycles. The van der Waals surface area contributed by atoms with Gasteiger partial charge >= 0.3 is 0 Å². The van der Waals surface area contributed by atoms with Crippen LogP contribution in [-0.4, -0.2) is 62.9 Å². The molecule has 2 aliphatic rings. The van der Waals surface area contributed by atoms with Crippen molar-refractivity contribution in [1.29, 1.82) is 0 Å². The van der Waals surface area contributed by atoms with Crippen LogP contribution in [0.1, 0.15) is 13.3 Å². The minimum Gasteiger partial charge on any atom is -0.381 e. The Morgan fingerprint density at radius 3 is 3.06 bits per heavy atom. The lowest BCUT2D eigenvalue weighted by Gasteiger charge is -2.33. The van der Waals surface area contributed by atoms with Crippen molar-refractivity contribution in [3.63, 3.8) is 0 Å². The van der Waals surface area contributed by atoms with Crippen LogP contribution in [0.3, 0.4) is 0 Å². The monoisotopic (exact) mass is 278 g/mol.